The average molecular weight is 241 g/mol. The first-order chi connectivity index (χ1) is 6.29. The van der Waals surface area contributed by atoms with Gasteiger partial charge in [0.25, 0.3) is 0 Å². The van der Waals surface area contributed by atoms with Gasteiger partial charge in [-0.05, 0) is 34.5 Å². The Labute approximate surface area is 87.1 Å². The summed E-state index contributed by atoms with van der Waals surface area (Å²) in [6.45, 7) is 2.18. The molecule has 2 rings (SSSR count). The summed E-state index contributed by atoms with van der Waals surface area (Å²) in [5.41, 5.74) is 2.51. The highest BCUT2D eigenvalue weighted by molar-refractivity contribution is 9.10. The van der Waals surface area contributed by atoms with E-state index in [2.05, 4.69) is 51.4 Å². The smallest absolute Gasteiger partial charge is 0.0743 e. The molecule has 0 aromatic heterocycles. The Balaban J connectivity index is 2.48. The van der Waals surface area contributed by atoms with Crippen molar-refractivity contribution in [1.29, 1.82) is 0 Å². The van der Waals surface area contributed by atoms with Crippen LogP contribution >= 0.6 is 15.9 Å². The van der Waals surface area contributed by atoms with Crippen molar-refractivity contribution in [3.63, 3.8) is 0 Å². The molecular weight excluding hydrogens is 228 g/mol. The van der Waals surface area contributed by atoms with Crippen LogP contribution < -0.4 is 10.2 Å². The minimum absolute atomic E-state index is 1.06. The Morgan fingerprint density at radius 3 is 3.15 bits per heavy atom. The lowest BCUT2D eigenvalue weighted by molar-refractivity contribution is 0.836. The third-order valence-corrected chi connectivity index (χ3v) is 2.99. The summed E-state index contributed by atoms with van der Waals surface area (Å²) in [4.78, 5) is 2.29. The molecule has 2 nitrogen and oxygen atoms in total. The van der Waals surface area contributed by atoms with Crippen molar-refractivity contribution in [2.24, 2.45) is 0 Å². The third kappa shape index (κ3) is 1.66. The van der Waals surface area contributed by atoms with Gasteiger partial charge in [-0.1, -0.05) is 6.07 Å². The molecule has 0 amide bonds. The Bertz CT molecular complexity index is 312. The van der Waals surface area contributed by atoms with Crippen molar-refractivity contribution < 1.29 is 0 Å². The van der Waals surface area contributed by atoms with E-state index in [1.165, 1.54) is 22.3 Å². The molecule has 0 spiro atoms. The molecule has 13 heavy (non-hydrogen) atoms. The predicted octanol–water partition coefficient (Wildman–Crippen LogP) is 2.70. The molecule has 0 unspecified atom stereocenters. The number of anilines is 2. The summed E-state index contributed by atoms with van der Waals surface area (Å²) in [7, 11) is 2.14. The Morgan fingerprint density at radius 1 is 1.46 bits per heavy atom. The second-order valence-corrected chi connectivity index (χ2v) is 4.19. The van der Waals surface area contributed by atoms with E-state index in [0.29, 0.717) is 0 Å². The molecule has 1 N–H and O–H groups in total. The topological polar surface area (TPSA) is 15.3 Å². The number of benzene rings is 1. The zero-order valence-corrected chi connectivity index (χ0v) is 9.26. The molecule has 1 aromatic rings. The van der Waals surface area contributed by atoms with Gasteiger partial charge in [0.2, 0.25) is 0 Å². The van der Waals surface area contributed by atoms with E-state index in [0.717, 1.165) is 13.1 Å². The second-order valence-electron chi connectivity index (χ2n) is 3.34. The highest BCUT2D eigenvalue weighted by atomic mass is 79.9. The van der Waals surface area contributed by atoms with Gasteiger partial charge in [-0.2, -0.15) is 0 Å². The number of rotatable bonds is 0. The highest BCUT2D eigenvalue weighted by Crippen LogP contribution is 2.34. The van der Waals surface area contributed by atoms with Crippen LogP contribution in [-0.2, 0) is 0 Å². The fourth-order valence-corrected chi connectivity index (χ4v) is 2.37. The molecule has 0 radical (unpaired) electrons. The number of para-hydroxylation sites is 1. The minimum atomic E-state index is 1.06. The Morgan fingerprint density at radius 2 is 2.31 bits per heavy atom. The summed E-state index contributed by atoms with van der Waals surface area (Å²) in [6.07, 6.45) is 1.19. The number of nitrogens with one attached hydrogen (secondary N) is 1. The van der Waals surface area contributed by atoms with Crippen LogP contribution in [0.1, 0.15) is 6.42 Å². The summed E-state index contributed by atoms with van der Waals surface area (Å²) >= 11 is 3.58. The molecule has 0 fully saturated rings. The maximum atomic E-state index is 3.58. The van der Waals surface area contributed by atoms with Crippen molar-refractivity contribution in [3.8, 4) is 0 Å². The monoisotopic (exact) mass is 240 g/mol. The standard InChI is InChI=1S/C10H13BrN2/c1-13-7-3-6-12-9-5-2-4-8(11)10(9)13/h2,4-5,12H,3,6-7H2,1H3. The number of hydrogen-bond donors (Lipinski definition) is 1. The first-order valence-electron chi connectivity index (χ1n) is 4.52. The van der Waals surface area contributed by atoms with E-state index in [1.807, 2.05) is 0 Å². The molecule has 1 aliphatic heterocycles. The highest BCUT2D eigenvalue weighted by Gasteiger charge is 2.13. The molecule has 1 heterocycles. The summed E-state index contributed by atoms with van der Waals surface area (Å²) in [5, 5.41) is 3.42. The van der Waals surface area contributed by atoms with Crippen molar-refractivity contribution in [2.75, 3.05) is 30.4 Å². The van der Waals surface area contributed by atoms with Crippen molar-refractivity contribution in [3.05, 3.63) is 22.7 Å². The van der Waals surface area contributed by atoms with Gasteiger partial charge in [0, 0.05) is 24.6 Å². The van der Waals surface area contributed by atoms with E-state index in [4.69, 9.17) is 0 Å². The second kappa shape index (κ2) is 3.58. The van der Waals surface area contributed by atoms with Crippen LogP contribution in [0.5, 0.6) is 0 Å². The average Bonchev–Trinajstić information content (AvgIpc) is 2.29. The maximum absolute atomic E-state index is 3.58. The van der Waals surface area contributed by atoms with E-state index >= 15 is 0 Å². The van der Waals surface area contributed by atoms with Gasteiger partial charge in [-0.3, -0.25) is 0 Å². The molecule has 0 saturated heterocycles. The van der Waals surface area contributed by atoms with E-state index in [-0.39, 0.29) is 0 Å². The fraction of sp³-hybridized carbons (Fsp3) is 0.400. The molecule has 1 aromatic carbocycles. The molecule has 0 saturated carbocycles. The molecule has 0 aliphatic carbocycles. The molecule has 0 atom stereocenters. The molecular formula is C10H13BrN2. The van der Waals surface area contributed by atoms with Gasteiger partial charge < -0.3 is 10.2 Å². The predicted molar refractivity (Wildman–Crippen MR) is 60.5 cm³/mol. The summed E-state index contributed by atoms with van der Waals surface area (Å²) in [5.74, 6) is 0. The minimum Gasteiger partial charge on any atom is -0.383 e. The van der Waals surface area contributed by atoms with Crippen molar-refractivity contribution in [1.82, 2.24) is 0 Å². The van der Waals surface area contributed by atoms with Crippen LogP contribution in [0.15, 0.2) is 22.7 Å². The van der Waals surface area contributed by atoms with Crippen LogP contribution in [0, 0.1) is 0 Å². The van der Waals surface area contributed by atoms with Crippen molar-refractivity contribution >= 4 is 27.3 Å². The lowest BCUT2D eigenvalue weighted by Gasteiger charge is -2.20. The van der Waals surface area contributed by atoms with Crippen LogP contribution in [0.2, 0.25) is 0 Å². The van der Waals surface area contributed by atoms with Crippen LogP contribution in [0.3, 0.4) is 0 Å². The van der Waals surface area contributed by atoms with Gasteiger partial charge in [-0.15, -0.1) is 0 Å². The van der Waals surface area contributed by atoms with Crippen LogP contribution in [0.25, 0.3) is 0 Å². The lowest BCUT2D eigenvalue weighted by atomic mass is 10.2. The van der Waals surface area contributed by atoms with E-state index in [1.54, 1.807) is 0 Å². The Hall–Kier alpha value is -0.700. The Kier molecular flexibility index (Phi) is 2.44. The quantitative estimate of drug-likeness (QED) is 0.751. The molecule has 3 heteroatoms. The normalized spacial score (nSPS) is 16.0. The summed E-state index contributed by atoms with van der Waals surface area (Å²) in [6, 6.07) is 6.28. The summed E-state index contributed by atoms with van der Waals surface area (Å²) < 4.78 is 1.17. The third-order valence-electron chi connectivity index (χ3n) is 2.35. The van der Waals surface area contributed by atoms with Gasteiger partial charge in [0.15, 0.2) is 0 Å². The van der Waals surface area contributed by atoms with Gasteiger partial charge in [-0.25, -0.2) is 0 Å². The number of halogens is 1. The van der Waals surface area contributed by atoms with Crippen molar-refractivity contribution in [2.45, 2.75) is 6.42 Å². The number of fused-ring (bicyclic) bond motifs is 1. The first-order valence-corrected chi connectivity index (χ1v) is 5.32. The number of hydrogen-bond acceptors (Lipinski definition) is 2. The zero-order chi connectivity index (χ0) is 9.26. The fourth-order valence-electron chi connectivity index (χ4n) is 1.70. The molecule has 0 bridgehead atoms. The first kappa shape index (κ1) is 8.88. The van der Waals surface area contributed by atoms with Gasteiger partial charge in [0.05, 0.1) is 11.4 Å². The SMILES string of the molecule is CN1CCCNc2cccc(Br)c21. The van der Waals surface area contributed by atoms with Crippen LogP contribution in [0.4, 0.5) is 11.4 Å². The number of nitrogens with zero attached hydrogens (tertiary/aromatic N) is 1. The van der Waals surface area contributed by atoms with Crippen LogP contribution in [-0.4, -0.2) is 20.1 Å². The molecule has 1 aliphatic rings. The van der Waals surface area contributed by atoms with E-state index in [9.17, 15) is 0 Å². The lowest BCUT2D eigenvalue weighted by Crippen LogP contribution is -2.17. The van der Waals surface area contributed by atoms with Gasteiger partial charge in [0.1, 0.15) is 0 Å². The molecule has 70 valence electrons. The van der Waals surface area contributed by atoms with E-state index < -0.39 is 0 Å². The van der Waals surface area contributed by atoms with Gasteiger partial charge >= 0.3 is 0 Å². The maximum Gasteiger partial charge on any atom is 0.0743 e. The largest absolute Gasteiger partial charge is 0.383 e. The zero-order valence-electron chi connectivity index (χ0n) is 7.68.